The third kappa shape index (κ3) is 9.36. The molecule has 49 heavy (non-hydrogen) atoms. The quantitative estimate of drug-likeness (QED) is 0.0983. The minimum Gasteiger partial charge on any atom is -0.493 e. The summed E-state index contributed by atoms with van der Waals surface area (Å²) in [6, 6.07) is 15.1. The fourth-order valence-electron chi connectivity index (χ4n) is 4.92. The Morgan fingerprint density at radius 3 is 2.27 bits per heavy atom. The number of fused-ring (bicyclic) bond motifs is 1. The van der Waals surface area contributed by atoms with Gasteiger partial charge in [-0.1, -0.05) is 53.7 Å². The van der Waals surface area contributed by atoms with Crippen molar-refractivity contribution >= 4 is 33.6 Å². The van der Waals surface area contributed by atoms with Crippen LogP contribution in [0.15, 0.2) is 54.7 Å². The molecule has 0 fully saturated rings. The highest BCUT2D eigenvalue weighted by molar-refractivity contribution is 6.74. The summed E-state index contributed by atoms with van der Waals surface area (Å²) in [6.07, 6.45) is 1.98. The summed E-state index contributed by atoms with van der Waals surface area (Å²) in [5.41, 5.74) is 3.84. The van der Waals surface area contributed by atoms with Gasteiger partial charge in [0.15, 0.2) is 22.5 Å². The summed E-state index contributed by atoms with van der Waals surface area (Å²) in [5, 5.41) is 18.1. The monoisotopic (exact) mass is 705 g/mol. The van der Waals surface area contributed by atoms with Crippen LogP contribution in [-0.4, -0.2) is 60.8 Å². The number of nitrogens with one attached hydrogen (secondary N) is 1. The van der Waals surface area contributed by atoms with Gasteiger partial charge in [-0.05, 0) is 92.4 Å². The lowest BCUT2D eigenvalue weighted by molar-refractivity contribution is 0.187. The predicted octanol–water partition coefficient (Wildman–Crippen LogP) is 9.51. The number of hydrogen-bond donors (Lipinski definition) is 2. The molecule has 2 N–H and O–H groups in total. The van der Waals surface area contributed by atoms with E-state index in [-0.39, 0.29) is 10.1 Å². The first-order valence-corrected chi connectivity index (χ1v) is 23.0. The zero-order chi connectivity index (χ0) is 36.2. The van der Waals surface area contributed by atoms with Crippen LogP contribution in [0, 0.1) is 0 Å². The molecule has 1 aromatic carbocycles. The fraction of sp³-hybridized carbons (Fsp3) is 0.514. The molecule has 0 saturated heterocycles. The zero-order valence-corrected chi connectivity index (χ0v) is 33.2. The van der Waals surface area contributed by atoms with Gasteiger partial charge in [0.05, 0.1) is 53.4 Å². The van der Waals surface area contributed by atoms with Crippen molar-refractivity contribution in [1.29, 1.82) is 0 Å². The number of rotatable bonds is 14. The Hall–Kier alpha value is -3.59. The third-order valence-corrected chi connectivity index (χ3v) is 19.0. The van der Waals surface area contributed by atoms with Crippen LogP contribution in [0.2, 0.25) is 36.3 Å². The SMILES string of the molecule is CCOc1cc(-c2cccc(C(CCCO[Si](C)(C)C(C)(C)C)NC(=O)O)n2)cc2c1cnn2-c1cccc(CO[Si](C)(C)C(C)(C)C)n1. The van der Waals surface area contributed by atoms with Gasteiger partial charge in [0.2, 0.25) is 0 Å². The summed E-state index contributed by atoms with van der Waals surface area (Å²) >= 11 is 0. The van der Waals surface area contributed by atoms with Crippen LogP contribution in [0.25, 0.3) is 28.0 Å². The van der Waals surface area contributed by atoms with Crippen LogP contribution in [0.3, 0.4) is 0 Å². The Bertz CT molecular complexity index is 1740. The van der Waals surface area contributed by atoms with Gasteiger partial charge in [0.25, 0.3) is 0 Å². The lowest BCUT2D eigenvalue weighted by atomic mass is 10.0. The number of carbonyl (C=O) groups is 1. The lowest BCUT2D eigenvalue weighted by Crippen LogP contribution is -2.41. The molecule has 0 bridgehead atoms. The Labute approximate surface area is 293 Å². The molecule has 0 aliphatic heterocycles. The minimum atomic E-state index is -1.95. The van der Waals surface area contributed by atoms with Crippen molar-refractivity contribution in [3.05, 3.63) is 66.1 Å². The second kappa shape index (κ2) is 15.1. The highest BCUT2D eigenvalue weighted by atomic mass is 28.4. The van der Waals surface area contributed by atoms with E-state index in [1.807, 2.05) is 60.1 Å². The van der Waals surface area contributed by atoms with E-state index < -0.39 is 28.8 Å². The number of ether oxygens (including phenoxy) is 1. The predicted molar refractivity (Wildman–Crippen MR) is 202 cm³/mol. The smallest absolute Gasteiger partial charge is 0.405 e. The van der Waals surface area contributed by atoms with Crippen molar-refractivity contribution in [2.24, 2.45) is 0 Å². The van der Waals surface area contributed by atoms with Crippen molar-refractivity contribution in [2.45, 2.75) is 110 Å². The molecule has 4 aromatic rings. The van der Waals surface area contributed by atoms with Gasteiger partial charge in [-0.2, -0.15) is 5.10 Å². The summed E-state index contributed by atoms with van der Waals surface area (Å²) in [7, 11) is -3.85. The van der Waals surface area contributed by atoms with Gasteiger partial charge >= 0.3 is 6.09 Å². The molecule has 1 unspecified atom stereocenters. The van der Waals surface area contributed by atoms with E-state index >= 15 is 0 Å². The van der Waals surface area contributed by atoms with Gasteiger partial charge in [-0.3, -0.25) is 4.98 Å². The molecule has 4 rings (SSSR count). The van der Waals surface area contributed by atoms with Crippen LogP contribution in [-0.2, 0) is 15.5 Å². The summed E-state index contributed by atoms with van der Waals surface area (Å²) < 4.78 is 20.7. The highest BCUT2D eigenvalue weighted by Crippen LogP contribution is 2.38. The minimum absolute atomic E-state index is 0.100. The van der Waals surface area contributed by atoms with Crippen molar-refractivity contribution in [3.63, 3.8) is 0 Å². The largest absolute Gasteiger partial charge is 0.493 e. The average molecular weight is 706 g/mol. The first-order chi connectivity index (χ1) is 22.8. The molecule has 10 nitrogen and oxygen atoms in total. The maximum Gasteiger partial charge on any atom is 0.405 e. The third-order valence-electron chi connectivity index (χ3n) is 9.97. The lowest BCUT2D eigenvalue weighted by Gasteiger charge is -2.36. The molecule has 3 aromatic heterocycles. The van der Waals surface area contributed by atoms with Gasteiger partial charge in [0.1, 0.15) is 5.75 Å². The molecular weight excluding hydrogens is 651 g/mol. The Morgan fingerprint density at radius 1 is 0.939 bits per heavy atom. The Balaban J connectivity index is 1.65. The molecule has 0 saturated carbocycles. The second-order valence-electron chi connectivity index (χ2n) is 15.6. The first kappa shape index (κ1) is 38.2. The number of pyridine rings is 2. The topological polar surface area (TPSA) is 121 Å². The van der Waals surface area contributed by atoms with E-state index in [0.717, 1.165) is 22.2 Å². The van der Waals surface area contributed by atoms with E-state index in [2.05, 4.69) is 73.0 Å². The molecular formula is C37H55N5O5Si2. The summed E-state index contributed by atoms with van der Waals surface area (Å²) in [4.78, 5) is 21.7. The standard InChI is InChI=1S/C37H55N5O5Si2/c1-12-45-33-23-26(29-17-14-18-30(40-29)31(41-35(43)44)19-15-21-46-48(8,9)36(2,3)4)22-32-28(33)24-38-42(32)34-20-13-16-27(39-34)25-47-49(10,11)37(5,6)7/h13-14,16-18,20,22-24,31,41H,12,15,19,21,25H2,1-11H3,(H,43,44). The number of hydrogen-bond acceptors (Lipinski definition) is 7. The molecule has 0 aliphatic carbocycles. The molecule has 12 heteroatoms. The van der Waals surface area contributed by atoms with Gasteiger partial charge in [0, 0.05) is 12.2 Å². The molecule has 0 radical (unpaired) electrons. The van der Waals surface area contributed by atoms with E-state index in [9.17, 15) is 9.90 Å². The summed E-state index contributed by atoms with van der Waals surface area (Å²) in [5.74, 6) is 1.37. The molecule has 266 valence electrons. The summed E-state index contributed by atoms with van der Waals surface area (Å²) in [6.45, 7) is 25.7. The maximum absolute atomic E-state index is 11.8. The van der Waals surface area contributed by atoms with Crippen LogP contribution < -0.4 is 10.1 Å². The van der Waals surface area contributed by atoms with Gasteiger partial charge in [-0.15, -0.1) is 0 Å². The van der Waals surface area contributed by atoms with Gasteiger partial charge in [-0.25, -0.2) is 14.5 Å². The zero-order valence-electron chi connectivity index (χ0n) is 31.2. The van der Waals surface area contributed by atoms with E-state index in [4.69, 9.17) is 28.7 Å². The number of nitrogens with zero attached hydrogens (tertiary/aromatic N) is 4. The molecule has 3 heterocycles. The highest BCUT2D eigenvalue weighted by Gasteiger charge is 2.38. The average Bonchev–Trinajstić information content (AvgIpc) is 3.45. The molecule has 1 atom stereocenters. The van der Waals surface area contributed by atoms with Crippen LogP contribution >= 0.6 is 0 Å². The van der Waals surface area contributed by atoms with E-state index in [0.29, 0.717) is 55.6 Å². The van der Waals surface area contributed by atoms with Crippen LogP contribution in [0.1, 0.15) is 78.7 Å². The molecule has 1 amide bonds. The van der Waals surface area contributed by atoms with E-state index in [1.165, 1.54) is 0 Å². The van der Waals surface area contributed by atoms with Crippen molar-refractivity contribution in [1.82, 2.24) is 25.1 Å². The van der Waals surface area contributed by atoms with Crippen molar-refractivity contribution in [3.8, 4) is 22.8 Å². The number of carboxylic acid groups (broad SMARTS) is 1. The number of aromatic nitrogens is 4. The number of benzene rings is 1. The second-order valence-corrected chi connectivity index (χ2v) is 25.3. The fourth-order valence-corrected chi connectivity index (χ4v) is 6.95. The normalized spacial score (nSPS) is 13.4. The molecule has 0 aliphatic rings. The number of amides is 1. The van der Waals surface area contributed by atoms with Crippen molar-refractivity contribution < 1.29 is 23.5 Å². The maximum atomic E-state index is 11.8. The van der Waals surface area contributed by atoms with Crippen molar-refractivity contribution in [2.75, 3.05) is 13.2 Å². The van der Waals surface area contributed by atoms with E-state index in [1.54, 1.807) is 6.20 Å². The Morgan fingerprint density at radius 2 is 1.61 bits per heavy atom. The Kier molecular flexibility index (Phi) is 11.8. The van der Waals surface area contributed by atoms with Crippen LogP contribution in [0.5, 0.6) is 5.75 Å². The van der Waals surface area contributed by atoms with Crippen LogP contribution in [0.4, 0.5) is 4.79 Å². The van der Waals surface area contributed by atoms with Gasteiger partial charge < -0.3 is 24.0 Å². The molecule has 0 spiro atoms. The first-order valence-electron chi connectivity index (χ1n) is 17.2.